The third kappa shape index (κ3) is 2.59. The van der Waals surface area contributed by atoms with Gasteiger partial charge in [-0.2, -0.15) is 0 Å². The molecule has 0 unspecified atom stereocenters. The number of nitrogens with one attached hydrogen (secondary N) is 1. The minimum atomic E-state index is 0.727. The molecule has 1 aromatic carbocycles. The van der Waals surface area contributed by atoms with Crippen LogP contribution in [0.1, 0.15) is 29.9 Å². The van der Waals surface area contributed by atoms with Crippen LogP contribution in [0.4, 0.5) is 0 Å². The maximum atomic E-state index is 5.17. The van der Waals surface area contributed by atoms with Gasteiger partial charge in [0.25, 0.3) is 0 Å². The SMILES string of the molecule is Cc1cc(Cn2cc(CNC3CC3)c3ccccc32)no1. The Morgan fingerprint density at radius 3 is 2.95 bits per heavy atom. The number of hydrogen-bond acceptors (Lipinski definition) is 3. The van der Waals surface area contributed by atoms with Crippen LogP contribution in [-0.4, -0.2) is 15.8 Å². The molecule has 4 nitrogen and oxygen atoms in total. The molecule has 108 valence electrons. The van der Waals surface area contributed by atoms with Crippen molar-refractivity contribution in [2.45, 2.75) is 38.9 Å². The normalized spacial score (nSPS) is 14.9. The first-order valence-electron chi connectivity index (χ1n) is 7.52. The Balaban J connectivity index is 1.66. The Morgan fingerprint density at radius 1 is 1.33 bits per heavy atom. The molecule has 1 aliphatic rings. The van der Waals surface area contributed by atoms with E-state index >= 15 is 0 Å². The first-order valence-corrected chi connectivity index (χ1v) is 7.52. The lowest BCUT2D eigenvalue weighted by molar-refractivity contribution is 0.389. The van der Waals surface area contributed by atoms with Crippen LogP contribution in [-0.2, 0) is 13.1 Å². The van der Waals surface area contributed by atoms with Gasteiger partial charge in [-0.1, -0.05) is 23.4 Å². The van der Waals surface area contributed by atoms with E-state index in [-0.39, 0.29) is 0 Å². The van der Waals surface area contributed by atoms with Gasteiger partial charge in [-0.3, -0.25) is 0 Å². The number of fused-ring (bicyclic) bond motifs is 1. The summed E-state index contributed by atoms with van der Waals surface area (Å²) in [5, 5.41) is 9.02. The molecule has 0 amide bonds. The van der Waals surface area contributed by atoms with Gasteiger partial charge in [-0.25, -0.2) is 0 Å². The number of aryl methyl sites for hydroxylation is 1. The lowest BCUT2D eigenvalue weighted by Crippen LogP contribution is -2.14. The molecule has 1 aliphatic carbocycles. The standard InChI is InChI=1S/C17H19N3O/c1-12-8-15(19-21-12)11-20-10-13(9-18-14-6-7-14)16-4-2-3-5-17(16)20/h2-5,8,10,14,18H,6-7,9,11H2,1H3. The number of benzene rings is 1. The highest BCUT2D eigenvalue weighted by atomic mass is 16.5. The van der Waals surface area contributed by atoms with Crippen LogP contribution < -0.4 is 5.32 Å². The molecule has 1 fully saturated rings. The molecule has 0 atom stereocenters. The van der Waals surface area contributed by atoms with E-state index in [4.69, 9.17) is 4.52 Å². The number of aromatic nitrogens is 2. The van der Waals surface area contributed by atoms with Crippen LogP contribution in [0.3, 0.4) is 0 Å². The molecule has 0 spiro atoms. The van der Waals surface area contributed by atoms with E-state index in [0.717, 1.165) is 30.6 Å². The second kappa shape index (κ2) is 5.04. The summed E-state index contributed by atoms with van der Waals surface area (Å²) >= 11 is 0. The number of hydrogen-bond donors (Lipinski definition) is 1. The van der Waals surface area contributed by atoms with E-state index in [2.05, 4.69) is 45.5 Å². The van der Waals surface area contributed by atoms with Crippen molar-refractivity contribution in [3.8, 4) is 0 Å². The summed E-state index contributed by atoms with van der Waals surface area (Å²) < 4.78 is 7.43. The maximum absolute atomic E-state index is 5.17. The highest BCUT2D eigenvalue weighted by Gasteiger charge is 2.20. The summed E-state index contributed by atoms with van der Waals surface area (Å²) in [7, 11) is 0. The summed E-state index contributed by atoms with van der Waals surface area (Å²) in [5.74, 6) is 0.858. The maximum Gasteiger partial charge on any atom is 0.133 e. The van der Waals surface area contributed by atoms with Crippen molar-refractivity contribution >= 4 is 10.9 Å². The molecular formula is C17H19N3O. The Hall–Kier alpha value is -2.07. The third-order valence-corrected chi connectivity index (χ3v) is 4.04. The zero-order chi connectivity index (χ0) is 14.2. The average molecular weight is 281 g/mol. The van der Waals surface area contributed by atoms with Crippen molar-refractivity contribution in [2.75, 3.05) is 0 Å². The summed E-state index contributed by atoms with van der Waals surface area (Å²) in [5.41, 5.74) is 3.58. The molecular weight excluding hydrogens is 262 g/mol. The van der Waals surface area contributed by atoms with Gasteiger partial charge in [0, 0.05) is 35.8 Å². The topological polar surface area (TPSA) is 43.0 Å². The third-order valence-electron chi connectivity index (χ3n) is 4.04. The van der Waals surface area contributed by atoms with Crippen LogP contribution in [0, 0.1) is 6.92 Å². The van der Waals surface area contributed by atoms with E-state index in [0.29, 0.717) is 0 Å². The molecule has 2 heterocycles. The molecule has 0 aliphatic heterocycles. The van der Waals surface area contributed by atoms with Gasteiger partial charge in [0.05, 0.1) is 6.54 Å². The fourth-order valence-corrected chi connectivity index (χ4v) is 2.80. The summed E-state index contributed by atoms with van der Waals surface area (Å²) in [6, 6.07) is 11.3. The van der Waals surface area contributed by atoms with Crippen LogP contribution in [0.25, 0.3) is 10.9 Å². The summed E-state index contributed by atoms with van der Waals surface area (Å²) in [6.07, 6.45) is 4.87. The average Bonchev–Trinajstić information content (AvgIpc) is 3.15. The lowest BCUT2D eigenvalue weighted by Gasteiger charge is -2.01. The number of nitrogens with zero attached hydrogens (tertiary/aromatic N) is 2. The van der Waals surface area contributed by atoms with Crippen LogP contribution in [0.5, 0.6) is 0 Å². The van der Waals surface area contributed by atoms with Crippen molar-refractivity contribution in [3.05, 3.63) is 53.5 Å². The molecule has 3 aromatic rings. The largest absolute Gasteiger partial charge is 0.361 e. The minimum absolute atomic E-state index is 0.727. The van der Waals surface area contributed by atoms with Gasteiger partial charge < -0.3 is 14.4 Å². The molecule has 4 rings (SSSR count). The Bertz CT molecular complexity index is 767. The predicted molar refractivity (Wildman–Crippen MR) is 82.1 cm³/mol. The first kappa shape index (κ1) is 12.7. The molecule has 4 heteroatoms. The highest BCUT2D eigenvalue weighted by Crippen LogP contribution is 2.24. The zero-order valence-corrected chi connectivity index (χ0v) is 12.2. The van der Waals surface area contributed by atoms with E-state index in [1.54, 1.807) is 0 Å². The van der Waals surface area contributed by atoms with Crippen LogP contribution in [0.2, 0.25) is 0 Å². The lowest BCUT2D eigenvalue weighted by atomic mass is 10.2. The van der Waals surface area contributed by atoms with Crippen molar-refractivity contribution in [1.29, 1.82) is 0 Å². The van der Waals surface area contributed by atoms with Gasteiger partial charge in [0.15, 0.2) is 0 Å². The van der Waals surface area contributed by atoms with Gasteiger partial charge in [-0.05, 0) is 31.4 Å². The minimum Gasteiger partial charge on any atom is -0.361 e. The monoisotopic (exact) mass is 281 g/mol. The second-order valence-electron chi connectivity index (χ2n) is 5.88. The molecule has 0 bridgehead atoms. The van der Waals surface area contributed by atoms with Crippen molar-refractivity contribution < 1.29 is 4.52 Å². The summed E-state index contributed by atoms with van der Waals surface area (Å²) in [4.78, 5) is 0. The Morgan fingerprint density at radius 2 is 2.19 bits per heavy atom. The molecule has 1 N–H and O–H groups in total. The van der Waals surface area contributed by atoms with Crippen molar-refractivity contribution in [2.24, 2.45) is 0 Å². The van der Waals surface area contributed by atoms with Crippen molar-refractivity contribution in [1.82, 2.24) is 15.0 Å². The number of rotatable bonds is 5. The molecule has 0 saturated heterocycles. The number of para-hydroxylation sites is 1. The predicted octanol–water partition coefficient (Wildman–Crippen LogP) is 3.24. The van der Waals surface area contributed by atoms with E-state index in [1.807, 2.05) is 13.0 Å². The summed E-state index contributed by atoms with van der Waals surface area (Å²) in [6.45, 7) is 3.62. The quantitative estimate of drug-likeness (QED) is 0.780. The van der Waals surface area contributed by atoms with E-state index in [9.17, 15) is 0 Å². The van der Waals surface area contributed by atoms with Gasteiger partial charge >= 0.3 is 0 Å². The Labute approximate surface area is 123 Å². The molecule has 2 aromatic heterocycles. The first-order chi connectivity index (χ1) is 10.3. The van der Waals surface area contributed by atoms with Crippen LogP contribution in [0.15, 0.2) is 41.1 Å². The molecule has 21 heavy (non-hydrogen) atoms. The van der Waals surface area contributed by atoms with Gasteiger partial charge in [0.1, 0.15) is 11.5 Å². The zero-order valence-electron chi connectivity index (χ0n) is 12.2. The van der Waals surface area contributed by atoms with Gasteiger partial charge in [0.2, 0.25) is 0 Å². The molecule has 1 saturated carbocycles. The highest BCUT2D eigenvalue weighted by molar-refractivity contribution is 5.84. The van der Waals surface area contributed by atoms with Crippen LogP contribution >= 0.6 is 0 Å². The smallest absolute Gasteiger partial charge is 0.133 e. The second-order valence-corrected chi connectivity index (χ2v) is 5.88. The molecule has 0 radical (unpaired) electrons. The van der Waals surface area contributed by atoms with E-state index in [1.165, 1.54) is 29.3 Å². The fraction of sp³-hybridized carbons (Fsp3) is 0.353. The fourth-order valence-electron chi connectivity index (χ4n) is 2.80. The Kier molecular flexibility index (Phi) is 3.04. The van der Waals surface area contributed by atoms with Gasteiger partial charge in [-0.15, -0.1) is 0 Å². The van der Waals surface area contributed by atoms with E-state index < -0.39 is 0 Å². The van der Waals surface area contributed by atoms with Crippen molar-refractivity contribution in [3.63, 3.8) is 0 Å².